The number of nitrogens with zero attached hydrogens (tertiary/aromatic N) is 1. The van der Waals surface area contributed by atoms with Crippen molar-refractivity contribution in [3.63, 3.8) is 0 Å². The number of esters is 1. The fourth-order valence-corrected chi connectivity index (χ4v) is 4.48. The second-order valence-electron chi connectivity index (χ2n) is 6.84. The molecule has 2 amide bonds. The number of amides is 2. The van der Waals surface area contributed by atoms with Gasteiger partial charge in [0.25, 0.3) is 0 Å². The molecule has 0 fully saturated rings. The number of nitrogens with one attached hydrogen (secondary N) is 2. The minimum atomic E-state index is -0.974. The summed E-state index contributed by atoms with van der Waals surface area (Å²) in [4.78, 5) is 36.9. The van der Waals surface area contributed by atoms with Gasteiger partial charge in [0.1, 0.15) is 10.6 Å². The molecule has 0 spiro atoms. The van der Waals surface area contributed by atoms with Crippen LogP contribution in [-0.2, 0) is 9.59 Å². The molecule has 0 aliphatic heterocycles. The zero-order chi connectivity index (χ0) is 24.1. The van der Waals surface area contributed by atoms with E-state index in [1.807, 2.05) is 24.3 Å². The summed E-state index contributed by atoms with van der Waals surface area (Å²) in [5.41, 5.74) is 2.97. The highest BCUT2D eigenvalue weighted by molar-refractivity contribution is 7.21. The Hall–Kier alpha value is -3.72. The van der Waals surface area contributed by atoms with Gasteiger partial charge in [0, 0.05) is 10.1 Å². The van der Waals surface area contributed by atoms with Crippen LogP contribution in [-0.4, -0.2) is 24.0 Å². The maximum Gasteiger partial charge on any atom is 0.355 e. The lowest BCUT2D eigenvalue weighted by Crippen LogP contribution is -2.32. The average molecular weight is 512 g/mol. The normalized spacial score (nSPS) is 10.9. The van der Waals surface area contributed by atoms with Crippen molar-refractivity contribution < 1.29 is 19.1 Å². The molecule has 1 aromatic heterocycles. The van der Waals surface area contributed by atoms with Crippen LogP contribution in [0.3, 0.4) is 0 Å². The first-order chi connectivity index (χ1) is 16.4. The van der Waals surface area contributed by atoms with Crippen molar-refractivity contribution in [2.45, 2.75) is 0 Å². The van der Waals surface area contributed by atoms with E-state index in [0.29, 0.717) is 26.2 Å². The van der Waals surface area contributed by atoms with E-state index in [0.717, 1.165) is 10.1 Å². The number of rotatable bonds is 5. The molecule has 2 N–H and O–H groups in total. The molecular weight excluding hydrogens is 497 g/mol. The van der Waals surface area contributed by atoms with E-state index in [4.69, 9.17) is 27.9 Å². The topological polar surface area (TPSA) is 96.9 Å². The molecule has 0 bridgehead atoms. The van der Waals surface area contributed by atoms with Crippen LogP contribution < -0.4 is 15.5 Å². The summed E-state index contributed by atoms with van der Waals surface area (Å²) in [7, 11) is 0. The fourth-order valence-electron chi connectivity index (χ4n) is 2.91. The highest BCUT2D eigenvalue weighted by atomic mass is 35.5. The lowest BCUT2D eigenvalue weighted by Gasteiger charge is -2.05. The number of hydrazone groups is 1. The molecule has 4 rings (SSSR count). The second kappa shape index (κ2) is 10.5. The zero-order valence-electron chi connectivity index (χ0n) is 17.2. The molecule has 4 aromatic rings. The van der Waals surface area contributed by atoms with E-state index in [2.05, 4.69) is 15.8 Å². The average Bonchev–Trinajstić information content (AvgIpc) is 3.17. The van der Waals surface area contributed by atoms with Crippen molar-refractivity contribution in [1.29, 1.82) is 0 Å². The van der Waals surface area contributed by atoms with Crippen molar-refractivity contribution in [2.24, 2.45) is 5.10 Å². The molecule has 0 saturated carbocycles. The van der Waals surface area contributed by atoms with Crippen LogP contribution in [0.5, 0.6) is 5.75 Å². The number of carbonyl (C=O) groups excluding carboxylic acids is 3. The Kier molecular flexibility index (Phi) is 7.22. The molecule has 0 aliphatic carbocycles. The number of carbonyl (C=O) groups is 3. The van der Waals surface area contributed by atoms with Crippen LogP contribution in [0.25, 0.3) is 10.1 Å². The largest absolute Gasteiger partial charge is 0.422 e. The first kappa shape index (κ1) is 23.4. The molecule has 10 heteroatoms. The zero-order valence-corrected chi connectivity index (χ0v) is 19.6. The van der Waals surface area contributed by atoms with Crippen LogP contribution in [0, 0.1) is 0 Å². The molecule has 0 radical (unpaired) electrons. The van der Waals surface area contributed by atoms with E-state index in [9.17, 15) is 14.4 Å². The smallest absolute Gasteiger partial charge is 0.355 e. The number of anilines is 1. The Balaban J connectivity index is 1.38. The van der Waals surface area contributed by atoms with Crippen molar-refractivity contribution >= 4 is 74.3 Å². The predicted octanol–water partition coefficient (Wildman–Crippen LogP) is 5.52. The van der Waals surface area contributed by atoms with Crippen molar-refractivity contribution in [1.82, 2.24) is 5.43 Å². The molecule has 7 nitrogen and oxygen atoms in total. The third-order valence-electron chi connectivity index (χ3n) is 4.50. The van der Waals surface area contributed by atoms with Gasteiger partial charge in [-0.25, -0.2) is 10.2 Å². The van der Waals surface area contributed by atoms with Crippen molar-refractivity contribution in [2.75, 3.05) is 5.32 Å². The molecule has 0 aliphatic rings. The lowest BCUT2D eigenvalue weighted by atomic mass is 10.2. The molecule has 0 saturated heterocycles. The van der Waals surface area contributed by atoms with Gasteiger partial charge in [-0.15, -0.1) is 11.3 Å². The Bertz CT molecular complexity index is 1430. The number of hydrogen-bond donors (Lipinski definition) is 2. The van der Waals surface area contributed by atoms with Gasteiger partial charge in [0.2, 0.25) is 0 Å². The number of fused-ring (bicyclic) bond motifs is 1. The number of halogens is 2. The summed E-state index contributed by atoms with van der Waals surface area (Å²) in [5.74, 6) is -2.21. The summed E-state index contributed by atoms with van der Waals surface area (Å²) in [5, 5.41) is 7.60. The van der Waals surface area contributed by atoms with E-state index in [1.165, 1.54) is 17.6 Å². The Labute approximate surface area is 207 Å². The van der Waals surface area contributed by atoms with Gasteiger partial charge >= 0.3 is 17.8 Å². The Morgan fingerprint density at radius 1 is 0.912 bits per heavy atom. The number of thiophene rings is 1. The van der Waals surface area contributed by atoms with Gasteiger partial charge in [0.15, 0.2) is 0 Å². The quantitative estimate of drug-likeness (QED) is 0.121. The molecule has 0 atom stereocenters. The van der Waals surface area contributed by atoms with Gasteiger partial charge in [-0.05, 0) is 35.9 Å². The predicted molar refractivity (Wildman–Crippen MR) is 134 cm³/mol. The minimum absolute atomic E-state index is 0.269. The van der Waals surface area contributed by atoms with Gasteiger partial charge in [-0.1, -0.05) is 65.7 Å². The molecule has 0 unspecified atom stereocenters. The Morgan fingerprint density at radius 3 is 2.47 bits per heavy atom. The fraction of sp³-hybridized carbons (Fsp3) is 0. The highest BCUT2D eigenvalue weighted by Crippen LogP contribution is 2.35. The van der Waals surface area contributed by atoms with Gasteiger partial charge < -0.3 is 10.1 Å². The molecule has 170 valence electrons. The van der Waals surface area contributed by atoms with E-state index in [-0.39, 0.29) is 5.75 Å². The highest BCUT2D eigenvalue weighted by Gasteiger charge is 2.19. The minimum Gasteiger partial charge on any atom is -0.422 e. The standard InChI is InChI=1S/C24H15Cl2N3O4S/c25-17-9-2-3-10-18(17)28-22(30)23(31)29-27-13-14-6-5-7-15(12-14)33-24(32)21-20(26)16-8-1-4-11-19(16)34-21/h1-13H,(H,28,30)(H,29,31)/b27-13-. The molecule has 34 heavy (non-hydrogen) atoms. The van der Waals surface area contributed by atoms with Crippen LogP contribution in [0.4, 0.5) is 5.69 Å². The van der Waals surface area contributed by atoms with Crippen molar-refractivity contribution in [3.05, 3.63) is 93.3 Å². The van der Waals surface area contributed by atoms with Crippen LogP contribution in [0.1, 0.15) is 15.2 Å². The molecular formula is C24H15Cl2N3O4S. The van der Waals surface area contributed by atoms with Gasteiger partial charge in [-0.2, -0.15) is 5.10 Å². The van der Waals surface area contributed by atoms with E-state index >= 15 is 0 Å². The number of hydrogen-bond acceptors (Lipinski definition) is 6. The summed E-state index contributed by atoms with van der Waals surface area (Å²) in [6.07, 6.45) is 1.31. The van der Waals surface area contributed by atoms with Crippen LogP contribution in [0.15, 0.2) is 77.9 Å². The van der Waals surface area contributed by atoms with Crippen molar-refractivity contribution in [3.8, 4) is 5.75 Å². The summed E-state index contributed by atoms with van der Waals surface area (Å²) >= 11 is 13.5. The first-order valence-corrected chi connectivity index (χ1v) is 11.4. The lowest BCUT2D eigenvalue weighted by molar-refractivity contribution is -0.136. The Morgan fingerprint density at radius 2 is 1.68 bits per heavy atom. The molecule has 3 aromatic carbocycles. The van der Waals surface area contributed by atoms with Gasteiger partial charge in [0.05, 0.1) is 21.9 Å². The maximum atomic E-state index is 12.6. The summed E-state index contributed by atoms with van der Waals surface area (Å²) in [6, 6.07) is 20.4. The first-order valence-electron chi connectivity index (χ1n) is 9.80. The number of ether oxygens (including phenoxy) is 1. The molecule has 1 heterocycles. The van der Waals surface area contributed by atoms with E-state index in [1.54, 1.807) is 48.5 Å². The third kappa shape index (κ3) is 5.43. The monoisotopic (exact) mass is 511 g/mol. The third-order valence-corrected chi connectivity index (χ3v) is 6.48. The van der Waals surface area contributed by atoms with Gasteiger partial charge in [-0.3, -0.25) is 9.59 Å². The number of benzene rings is 3. The summed E-state index contributed by atoms with van der Waals surface area (Å²) < 4.78 is 6.34. The van der Waals surface area contributed by atoms with Crippen LogP contribution in [0.2, 0.25) is 10.0 Å². The second-order valence-corrected chi connectivity index (χ2v) is 8.67. The van der Waals surface area contributed by atoms with Crippen LogP contribution >= 0.6 is 34.5 Å². The SMILES string of the molecule is O=C(N/N=C\c1cccc(OC(=O)c2sc3ccccc3c2Cl)c1)C(=O)Nc1ccccc1Cl. The van der Waals surface area contributed by atoms with E-state index < -0.39 is 17.8 Å². The summed E-state index contributed by atoms with van der Waals surface area (Å²) in [6.45, 7) is 0. The maximum absolute atomic E-state index is 12.6. The number of para-hydroxylation sites is 1.